The van der Waals surface area contributed by atoms with E-state index in [1.807, 2.05) is 0 Å². The van der Waals surface area contributed by atoms with Gasteiger partial charge in [-0.25, -0.2) is 4.79 Å². The number of aromatic hydroxyl groups is 1. The van der Waals surface area contributed by atoms with Crippen LogP contribution in [-0.4, -0.2) is 87.1 Å². The molecule has 10 N–H and O–H groups in total. The number of carboxylic acid groups (broad SMARTS) is 2. The molecule has 0 saturated carbocycles. The number of hydrogen-bond donors (Lipinski definition) is 8. The lowest BCUT2D eigenvalue weighted by Crippen LogP contribution is -2.58. The van der Waals surface area contributed by atoms with Crippen LogP contribution in [0, 0.1) is 0 Å². The first-order chi connectivity index (χ1) is 17.8. The Labute approximate surface area is 222 Å². The van der Waals surface area contributed by atoms with Gasteiger partial charge < -0.3 is 42.7 Å². The molecule has 14 nitrogen and oxygen atoms in total. The van der Waals surface area contributed by atoms with Crippen molar-refractivity contribution in [2.24, 2.45) is 11.5 Å². The van der Waals surface area contributed by atoms with Crippen LogP contribution in [-0.2, 0) is 35.2 Å². The molecule has 4 unspecified atom stereocenters. The third-order valence-corrected chi connectivity index (χ3v) is 5.92. The Morgan fingerprint density at radius 2 is 1.42 bits per heavy atom. The molecule has 0 spiro atoms. The van der Waals surface area contributed by atoms with Gasteiger partial charge in [0.2, 0.25) is 23.6 Å². The highest BCUT2D eigenvalue weighted by Gasteiger charge is 2.31. The first-order valence-electron chi connectivity index (χ1n) is 11.5. The van der Waals surface area contributed by atoms with E-state index in [-0.39, 0.29) is 25.0 Å². The van der Waals surface area contributed by atoms with E-state index in [4.69, 9.17) is 16.6 Å². The molecule has 38 heavy (non-hydrogen) atoms. The van der Waals surface area contributed by atoms with Gasteiger partial charge in [0.05, 0.1) is 12.5 Å². The smallest absolute Gasteiger partial charge is 0.326 e. The quantitative estimate of drug-likeness (QED) is 0.107. The summed E-state index contributed by atoms with van der Waals surface area (Å²) in [6, 6.07) is 0.293. The summed E-state index contributed by atoms with van der Waals surface area (Å²) < 4.78 is 0. The van der Waals surface area contributed by atoms with Crippen LogP contribution in [0.3, 0.4) is 0 Å². The highest BCUT2D eigenvalue weighted by atomic mass is 32.2. The zero-order valence-electron chi connectivity index (χ0n) is 20.7. The van der Waals surface area contributed by atoms with Gasteiger partial charge in [0.15, 0.2) is 0 Å². The second-order valence-corrected chi connectivity index (χ2v) is 9.37. The molecule has 0 fully saturated rings. The molecule has 0 radical (unpaired) electrons. The van der Waals surface area contributed by atoms with Crippen LogP contribution in [0.1, 0.15) is 31.2 Å². The summed E-state index contributed by atoms with van der Waals surface area (Å²) >= 11 is 1.37. The summed E-state index contributed by atoms with van der Waals surface area (Å²) in [6.45, 7) is 0. The summed E-state index contributed by atoms with van der Waals surface area (Å²) in [5, 5.41) is 35.1. The number of primary amides is 1. The van der Waals surface area contributed by atoms with E-state index in [9.17, 15) is 39.0 Å². The average molecular weight is 556 g/mol. The molecule has 0 aromatic heterocycles. The average Bonchev–Trinajstić information content (AvgIpc) is 2.83. The van der Waals surface area contributed by atoms with Gasteiger partial charge in [0, 0.05) is 12.8 Å². The summed E-state index contributed by atoms with van der Waals surface area (Å²) in [7, 11) is 0. The van der Waals surface area contributed by atoms with E-state index in [1.165, 1.54) is 36.0 Å². The Balaban J connectivity index is 3.16. The minimum atomic E-state index is -1.44. The number of nitrogens with one attached hydrogen (secondary N) is 3. The van der Waals surface area contributed by atoms with Crippen LogP contribution in [0.2, 0.25) is 0 Å². The van der Waals surface area contributed by atoms with Gasteiger partial charge in [-0.3, -0.25) is 24.0 Å². The molecule has 4 amide bonds. The van der Waals surface area contributed by atoms with Gasteiger partial charge in [-0.1, -0.05) is 12.1 Å². The van der Waals surface area contributed by atoms with Gasteiger partial charge >= 0.3 is 11.9 Å². The fourth-order valence-electron chi connectivity index (χ4n) is 3.24. The number of phenolic OH excluding ortho intramolecular Hbond substituents is 1. The topological polar surface area (TPSA) is 251 Å². The molecule has 0 saturated heterocycles. The normalized spacial score (nSPS) is 13.8. The van der Waals surface area contributed by atoms with Gasteiger partial charge in [0.1, 0.15) is 23.9 Å². The predicted octanol–water partition coefficient (Wildman–Crippen LogP) is -1.71. The highest BCUT2D eigenvalue weighted by molar-refractivity contribution is 7.98. The number of benzene rings is 1. The number of aliphatic carboxylic acids is 2. The third kappa shape index (κ3) is 11.9. The number of phenols is 1. The molecule has 1 rings (SSSR count). The minimum absolute atomic E-state index is 0.0397. The summed E-state index contributed by atoms with van der Waals surface area (Å²) in [4.78, 5) is 72.3. The largest absolute Gasteiger partial charge is 0.508 e. The molecule has 0 aliphatic carbocycles. The maximum Gasteiger partial charge on any atom is 0.326 e. The Kier molecular flexibility index (Phi) is 13.6. The summed E-state index contributed by atoms with van der Waals surface area (Å²) in [5.74, 6) is -5.67. The second-order valence-electron chi connectivity index (χ2n) is 8.38. The van der Waals surface area contributed by atoms with Crippen molar-refractivity contribution in [1.82, 2.24) is 16.0 Å². The molecule has 0 bridgehead atoms. The summed E-state index contributed by atoms with van der Waals surface area (Å²) in [6.07, 6.45) is 0.366. The van der Waals surface area contributed by atoms with Crippen molar-refractivity contribution in [2.75, 3.05) is 12.0 Å². The molecule has 0 aliphatic heterocycles. The lowest BCUT2D eigenvalue weighted by atomic mass is 10.0. The standard InChI is InChI=1S/C23H33N5O9S/c1-38-9-8-16(23(36)37)27-21(34)15(6-7-19(31)32)26-22(35)17(10-12-2-4-13(29)5-3-12)28-20(33)14(24)11-18(25)30/h2-5,14-17,29H,6-11,24H2,1H3,(H2,25,30)(H,26,35)(H,27,34)(H,28,33)(H,31,32)(H,36,37). The first-order valence-corrected chi connectivity index (χ1v) is 12.9. The van der Waals surface area contributed by atoms with Gasteiger partial charge in [0.25, 0.3) is 0 Å². The van der Waals surface area contributed by atoms with Gasteiger partial charge in [-0.2, -0.15) is 11.8 Å². The number of rotatable bonds is 17. The van der Waals surface area contributed by atoms with Crippen LogP contribution < -0.4 is 27.4 Å². The molecule has 1 aromatic carbocycles. The van der Waals surface area contributed by atoms with Crippen LogP contribution >= 0.6 is 11.8 Å². The number of nitrogens with two attached hydrogens (primary N) is 2. The second kappa shape index (κ2) is 16.1. The monoisotopic (exact) mass is 555 g/mol. The number of amides is 4. The number of carboxylic acids is 2. The Hall–Kier alpha value is -3.85. The van der Waals surface area contributed by atoms with Crippen LogP contribution in [0.5, 0.6) is 5.75 Å². The van der Waals surface area contributed by atoms with E-state index < -0.39 is 72.6 Å². The van der Waals surface area contributed by atoms with E-state index in [0.29, 0.717) is 11.3 Å². The molecule has 4 atom stereocenters. The molecule has 15 heteroatoms. The molecule has 0 aliphatic rings. The molecular weight excluding hydrogens is 522 g/mol. The SMILES string of the molecule is CSCCC(NC(=O)C(CCC(=O)O)NC(=O)C(Cc1ccc(O)cc1)NC(=O)C(N)CC(N)=O)C(=O)O. The van der Waals surface area contributed by atoms with E-state index >= 15 is 0 Å². The fourth-order valence-corrected chi connectivity index (χ4v) is 3.71. The van der Waals surface area contributed by atoms with E-state index in [0.717, 1.165) is 0 Å². The lowest BCUT2D eigenvalue weighted by Gasteiger charge is -2.25. The predicted molar refractivity (Wildman–Crippen MR) is 137 cm³/mol. The van der Waals surface area contributed by atoms with Crippen molar-refractivity contribution in [1.29, 1.82) is 0 Å². The Bertz CT molecular complexity index is 1010. The number of thioether (sulfide) groups is 1. The number of carbonyl (C=O) groups is 6. The maximum absolute atomic E-state index is 13.2. The Morgan fingerprint density at radius 3 is 1.95 bits per heavy atom. The summed E-state index contributed by atoms with van der Waals surface area (Å²) in [5.41, 5.74) is 11.2. The van der Waals surface area contributed by atoms with Crippen molar-refractivity contribution in [2.45, 2.75) is 56.3 Å². The van der Waals surface area contributed by atoms with Crippen molar-refractivity contribution in [3.63, 3.8) is 0 Å². The number of carbonyl (C=O) groups excluding carboxylic acids is 4. The number of hydrogen-bond acceptors (Lipinski definition) is 9. The van der Waals surface area contributed by atoms with Gasteiger partial charge in [-0.15, -0.1) is 0 Å². The minimum Gasteiger partial charge on any atom is -0.508 e. The zero-order valence-corrected chi connectivity index (χ0v) is 21.5. The molecule has 0 heterocycles. The van der Waals surface area contributed by atoms with Crippen LogP contribution in [0.15, 0.2) is 24.3 Å². The lowest BCUT2D eigenvalue weighted by molar-refractivity contribution is -0.143. The molecule has 1 aromatic rings. The van der Waals surface area contributed by atoms with Crippen molar-refractivity contribution in [3.8, 4) is 5.75 Å². The van der Waals surface area contributed by atoms with Crippen molar-refractivity contribution in [3.05, 3.63) is 29.8 Å². The van der Waals surface area contributed by atoms with Gasteiger partial charge in [-0.05, 0) is 42.5 Å². The molecular formula is C23H33N5O9S. The molecule has 210 valence electrons. The fraction of sp³-hybridized carbons (Fsp3) is 0.478. The maximum atomic E-state index is 13.2. The Morgan fingerprint density at radius 1 is 0.868 bits per heavy atom. The van der Waals surface area contributed by atoms with E-state index in [2.05, 4.69) is 16.0 Å². The van der Waals surface area contributed by atoms with E-state index in [1.54, 1.807) is 6.26 Å². The zero-order chi connectivity index (χ0) is 28.8. The van der Waals surface area contributed by atoms with Crippen molar-refractivity contribution >= 4 is 47.3 Å². The van der Waals surface area contributed by atoms with Crippen molar-refractivity contribution < 1.29 is 44.1 Å². The van der Waals surface area contributed by atoms with Crippen LogP contribution in [0.25, 0.3) is 0 Å². The first kappa shape index (κ1) is 32.2. The van der Waals surface area contributed by atoms with Crippen LogP contribution in [0.4, 0.5) is 0 Å². The highest BCUT2D eigenvalue weighted by Crippen LogP contribution is 2.12. The third-order valence-electron chi connectivity index (χ3n) is 5.27.